The third-order valence-electron chi connectivity index (χ3n) is 2.58. The van der Waals surface area contributed by atoms with Crippen LogP contribution in [0.15, 0.2) is 45.3 Å². The third kappa shape index (κ3) is 4.06. The molecule has 1 amide bonds. The predicted molar refractivity (Wildman–Crippen MR) is 88.2 cm³/mol. The van der Waals surface area contributed by atoms with Crippen molar-refractivity contribution >= 4 is 61.0 Å². The number of halogens is 3. The van der Waals surface area contributed by atoms with Crippen molar-refractivity contribution in [2.75, 3.05) is 5.32 Å². The minimum atomic E-state index is -1.08. The molecule has 0 aromatic heterocycles. The van der Waals surface area contributed by atoms with Crippen LogP contribution in [0.5, 0.6) is 0 Å². The van der Waals surface area contributed by atoms with Crippen molar-refractivity contribution in [1.82, 2.24) is 0 Å². The van der Waals surface area contributed by atoms with Crippen LogP contribution in [0.3, 0.4) is 0 Å². The van der Waals surface area contributed by atoms with Crippen molar-refractivity contribution in [1.29, 1.82) is 0 Å². The summed E-state index contributed by atoms with van der Waals surface area (Å²) in [5, 5.41) is 11.9. The molecule has 0 saturated heterocycles. The number of benzene rings is 2. The molecule has 0 heterocycles. The largest absolute Gasteiger partial charge is 0.478 e. The van der Waals surface area contributed by atoms with E-state index in [1.165, 1.54) is 12.1 Å². The highest BCUT2D eigenvalue weighted by Gasteiger charge is 2.13. The molecular weight excluding hydrogens is 425 g/mol. The lowest BCUT2D eigenvalue weighted by Gasteiger charge is -2.09. The van der Waals surface area contributed by atoms with Gasteiger partial charge in [0.05, 0.1) is 16.1 Å². The number of aromatic carboxylic acids is 1. The second kappa shape index (κ2) is 6.60. The van der Waals surface area contributed by atoms with Gasteiger partial charge in [-0.3, -0.25) is 4.79 Å². The molecule has 0 saturated carbocycles. The minimum absolute atomic E-state index is 0.0695. The number of anilines is 1. The lowest BCUT2D eigenvalue weighted by Crippen LogP contribution is -2.13. The van der Waals surface area contributed by atoms with Crippen LogP contribution in [-0.2, 0) is 0 Å². The summed E-state index contributed by atoms with van der Waals surface area (Å²) in [6, 6.07) is 9.34. The average Bonchev–Trinajstić information content (AvgIpc) is 2.40. The Morgan fingerprint density at radius 3 is 2.43 bits per heavy atom. The SMILES string of the molecule is O=C(O)c1cc(Br)cc(NC(=O)c2cc(Br)ccc2Cl)c1. The van der Waals surface area contributed by atoms with Gasteiger partial charge in [-0.05, 0) is 36.4 Å². The Balaban J connectivity index is 2.31. The number of carbonyl (C=O) groups is 2. The molecule has 7 heteroatoms. The Bertz CT molecular complexity index is 734. The highest BCUT2D eigenvalue weighted by Crippen LogP contribution is 2.24. The number of hydrogen-bond acceptors (Lipinski definition) is 2. The van der Waals surface area contributed by atoms with E-state index >= 15 is 0 Å². The summed E-state index contributed by atoms with van der Waals surface area (Å²) in [4.78, 5) is 23.2. The molecule has 0 spiro atoms. The van der Waals surface area contributed by atoms with Gasteiger partial charge in [-0.15, -0.1) is 0 Å². The van der Waals surface area contributed by atoms with Crippen LogP contribution in [0, 0.1) is 0 Å². The smallest absolute Gasteiger partial charge is 0.335 e. The number of hydrogen-bond donors (Lipinski definition) is 2. The van der Waals surface area contributed by atoms with E-state index in [1.807, 2.05) is 0 Å². The number of rotatable bonds is 3. The van der Waals surface area contributed by atoms with Crippen molar-refractivity contribution in [2.24, 2.45) is 0 Å². The quantitative estimate of drug-likeness (QED) is 0.730. The summed E-state index contributed by atoms with van der Waals surface area (Å²) in [6.07, 6.45) is 0. The van der Waals surface area contributed by atoms with Crippen molar-refractivity contribution < 1.29 is 14.7 Å². The van der Waals surface area contributed by atoms with Crippen LogP contribution in [-0.4, -0.2) is 17.0 Å². The monoisotopic (exact) mass is 431 g/mol. The molecule has 0 fully saturated rings. The summed E-state index contributed by atoms with van der Waals surface area (Å²) in [5.74, 6) is -1.50. The normalized spacial score (nSPS) is 10.2. The summed E-state index contributed by atoms with van der Waals surface area (Å²) in [7, 11) is 0. The second-order valence-electron chi connectivity index (χ2n) is 4.11. The lowest BCUT2D eigenvalue weighted by atomic mass is 10.1. The molecule has 0 aliphatic rings. The maximum atomic E-state index is 12.2. The molecule has 0 bridgehead atoms. The van der Waals surface area contributed by atoms with Crippen LogP contribution in [0.4, 0.5) is 5.69 Å². The molecular formula is C14H8Br2ClNO3. The first-order valence-electron chi connectivity index (χ1n) is 5.67. The number of carbonyl (C=O) groups excluding carboxylic acids is 1. The fraction of sp³-hybridized carbons (Fsp3) is 0. The molecule has 0 radical (unpaired) electrons. The molecule has 2 aromatic carbocycles. The van der Waals surface area contributed by atoms with Crippen LogP contribution < -0.4 is 5.32 Å². The van der Waals surface area contributed by atoms with Gasteiger partial charge in [0.25, 0.3) is 5.91 Å². The molecule has 2 rings (SSSR count). The van der Waals surface area contributed by atoms with Gasteiger partial charge in [-0.2, -0.15) is 0 Å². The lowest BCUT2D eigenvalue weighted by molar-refractivity contribution is 0.0696. The van der Waals surface area contributed by atoms with Crippen molar-refractivity contribution in [3.05, 3.63) is 61.5 Å². The van der Waals surface area contributed by atoms with Crippen molar-refractivity contribution in [3.63, 3.8) is 0 Å². The Morgan fingerprint density at radius 2 is 1.76 bits per heavy atom. The summed E-state index contributed by atoms with van der Waals surface area (Å²) < 4.78 is 1.27. The summed E-state index contributed by atoms with van der Waals surface area (Å²) in [6.45, 7) is 0. The van der Waals surface area contributed by atoms with E-state index in [0.29, 0.717) is 20.7 Å². The van der Waals surface area contributed by atoms with Gasteiger partial charge in [0, 0.05) is 14.6 Å². The van der Waals surface area contributed by atoms with Crippen LogP contribution in [0.25, 0.3) is 0 Å². The van der Waals surface area contributed by atoms with Gasteiger partial charge in [0.2, 0.25) is 0 Å². The highest BCUT2D eigenvalue weighted by molar-refractivity contribution is 9.10. The van der Waals surface area contributed by atoms with E-state index in [9.17, 15) is 9.59 Å². The number of nitrogens with one attached hydrogen (secondary N) is 1. The molecule has 21 heavy (non-hydrogen) atoms. The van der Waals surface area contributed by atoms with Gasteiger partial charge in [-0.25, -0.2) is 4.79 Å². The fourth-order valence-corrected chi connectivity index (χ4v) is 2.71. The zero-order chi connectivity index (χ0) is 15.6. The maximum absolute atomic E-state index is 12.2. The predicted octanol–water partition coefficient (Wildman–Crippen LogP) is 4.82. The Labute approximate surface area is 142 Å². The highest BCUT2D eigenvalue weighted by atomic mass is 79.9. The van der Waals surface area contributed by atoms with E-state index in [4.69, 9.17) is 16.7 Å². The Morgan fingerprint density at radius 1 is 1.05 bits per heavy atom. The van der Waals surface area contributed by atoms with E-state index in [-0.39, 0.29) is 5.56 Å². The Hall–Kier alpha value is -1.37. The van der Waals surface area contributed by atoms with Gasteiger partial charge < -0.3 is 10.4 Å². The van der Waals surface area contributed by atoms with Crippen molar-refractivity contribution in [3.8, 4) is 0 Å². The summed E-state index contributed by atoms with van der Waals surface area (Å²) in [5.41, 5.74) is 0.728. The van der Waals surface area contributed by atoms with Gasteiger partial charge in [-0.1, -0.05) is 43.5 Å². The second-order valence-corrected chi connectivity index (χ2v) is 6.35. The third-order valence-corrected chi connectivity index (χ3v) is 3.86. The standard InChI is InChI=1S/C14H8Br2ClNO3/c15-8-1-2-12(17)11(6-8)13(19)18-10-4-7(14(20)21)3-9(16)5-10/h1-6H,(H,18,19)(H,20,21). The zero-order valence-electron chi connectivity index (χ0n) is 10.4. The molecule has 0 aliphatic heterocycles. The first-order chi connectivity index (χ1) is 9.86. The van der Waals surface area contributed by atoms with Crippen LogP contribution in [0.1, 0.15) is 20.7 Å². The van der Waals surface area contributed by atoms with Crippen LogP contribution >= 0.6 is 43.5 Å². The van der Waals surface area contributed by atoms with E-state index in [0.717, 1.165) is 4.47 Å². The number of carboxylic acids is 1. The Kier molecular flexibility index (Phi) is 5.03. The zero-order valence-corrected chi connectivity index (χ0v) is 14.3. The first kappa shape index (κ1) is 16.0. The maximum Gasteiger partial charge on any atom is 0.335 e. The fourth-order valence-electron chi connectivity index (χ4n) is 1.66. The minimum Gasteiger partial charge on any atom is -0.478 e. The van der Waals surface area contributed by atoms with Gasteiger partial charge >= 0.3 is 5.97 Å². The van der Waals surface area contributed by atoms with E-state index in [2.05, 4.69) is 37.2 Å². The van der Waals surface area contributed by atoms with E-state index < -0.39 is 11.9 Å². The summed E-state index contributed by atoms with van der Waals surface area (Å²) >= 11 is 12.5. The molecule has 0 aliphatic carbocycles. The van der Waals surface area contributed by atoms with E-state index in [1.54, 1.807) is 24.3 Å². The van der Waals surface area contributed by atoms with Gasteiger partial charge in [0.1, 0.15) is 0 Å². The molecule has 0 unspecified atom stereocenters. The molecule has 0 atom stereocenters. The molecule has 4 nitrogen and oxygen atoms in total. The van der Waals surface area contributed by atoms with Crippen LogP contribution in [0.2, 0.25) is 5.02 Å². The topological polar surface area (TPSA) is 66.4 Å². The molecule has 2 aromatic rings. The molecule has 2 N–H and O–H groups in total. The number of carboxylic acid groups (broad SMARTS) is 1. The molecule has 108 valence electrons. The first-order valence-corrected chi connectivity index (χ1v) is 7.63. The number of amides is 1. The van der Waals surface area contributed by atoms with Gasteiger partial charge in [0.15, 0.2) is 0 Å². The van der Waals surface area contributed by atoms with Crippen molar-refractivity contribution in [2.45, 2.75) is 0 Å². The average molecular weight is 433 g/mol.